The van der Waals surface area contributed by atoms with E-state index in [1.807, 2.05) is 48.5 Å². The Labute approximate surface area is 113 Å². The number of rotatable bonds is 2. The molecular weight excluding hydrogens is 292 g/mol. The van der Waals surface area contributed by atoms with Crippen molar-refractivity contribution in [2.75, 3.05) is 0 Å². The number of hydrogen-bond acceptors (Lipinski definition) is 3. The third-order valence-corrected chi connectivity index (χ3v) is 3.08. The van der Waals surface area contributed by atoms with E-state index in [1.165, 1.54) is 0 Å². The highest BCUT2D eigenvalue weighted by molar-refractivity contribution is 9.10. The zero-order valence-electron chi connectivity index (χ0n) is 9.38. The summed E-state index contributed by atoms with van der Waals surface area (Å²) in [5.41, 5.74) is 0.826. The summed E-state index contributed by atoms with van der Waals surface area (Å²) in [7, 11) is 0. The molecule has 0 bridgehead atoms. The monoisotopic (exact) mass is 300 g/mol. The number of aromatic nitrogens is 2. The van der Waals surface area contributed by atoms with Crippen molar-refractivity contribution in [3.63, 3.8) is 0 Å². The predicted octanol–water partition coefficient (Wildman–Crippen LogP) is 4.18. The lowest BCUT2D eigenvalue weighted by atomic mass is 10.2. The Morgan fingerprint density at radius 1 is 0.944 bits per heavy atom. The van der Waals surface area contributed by atoms with E-state index in [0.717, 1.165) is 21.1 Å². The molecule has 0 N–H and O–H groups in total. The lowest BCUT2D eigenvalue weighted by Gasteiger charge is -2.07. The van der Waals surface area contributed by atoms with Crippen LogP contribution in [0.5, 0.6) is 11.5 Å². The van der Waals surface area contributed by atoms with E-state index >= 15 is 0 Å². The average Bonchev–Trinajstić information content (AvgIpc) is 2.42. The summed E-state index contributed by atoms with van der Waals surface area (Å²) in [6, 6.07) is 15.4. The van der Waals surface area contributed by atoms with Gasteiger partial charge in [0, 0.05) is 9.86 Å². The Morgan fingerprint density at radius 3 is 2.56 bits per heavy atom. The fourth-order valence-electron chi connectivity index (χ4n) is 1.69. The molecule has 0 saturated carbocycles. The summed E-state index contributed by atoms with van der Waals surface area (Å²) in [4.78, 5) is 0. The van der Waals surface area contributed by atoms with E-state index in [9.17, 15) is 0 Å². The molecule has 3 aromatic rings. The van der Waals surface area contributed by atoms with Crippen molar-refractivity contribution in [2.24, 2.45) is 0 Å². The first kappa shape index (κ1) is 11.2. The Hall–Kier alpha value is -1.94. The second kappa shape index (κ2) is 4.74. The summed E-state index contributed by atoms with van der Waals surface area (Å²) in [5, 5.41) is 8.96. The van der Waals surface area contributed by atoms with E-state index in [0.29, 0.717) is 5.75 Å². The van der Waals surface area contributed by atoms with Gasteiger partial charge in [-0.3, -0.25) is 0 Å². The van der Waals surface area contributed by atoms with Crippen molar-refractivity contribution in [1.29, 1.82) is 0 Å². The van der Waals surface area contributed by atoms with Crippen LogP contribution in [0, 0.1) is 0 Å². The molecule has 0 amide bonds. The number of ether oxygens (including phenoxy) is 1. The SMILES string of the molecule is Brc1ccc(Oc2cnnc3ccccc23)cc1. The summed E-state index contributed by atoms with van der Waals surface area (Å²) >= 11 is 3.39. The Morgan fingerprint density at radius 2 is 1.72 bits per heavy atom. The lowest BCUT2D eigenvalue weighted by Crippen LogP contribution is -1.89. The van der Waals surface area contributed by atoms with Crippen molar-refractivity contribution in [2.45, 2.75) is 0 Å². The molecule has 0 unspecified atom stereocenters. The van der Waals surface area contributed by atoms with Crippen molar-refractivity contribution in [3.05, 3.63) is 59.2 Å². The van der Waals surface area contributed by atoms with Crippen molar-refractivity contribution >= 4 is 26.8 Å². The van der Waals surface area contributed by atoms with E-state index in [4.69, 9.17) is 4.74 Å². The van der Waals surface area contributed by atoms with E-state index < -0.39 is 0 Å². The molecule has 3 nitrogen and oxygen atoms in total. The zero-order chi connectivity index (χ0) is 12.4. The van der Waals surface area contributed by atoms with Crippen LogP contribution in [0.25, 0.3) is 10.9 Å². The molecule has 0 saturated heterocycles. The van der Waals surface area contributed by atoms with Gasteiger partial charge in [-0.15, -0.1) is 0 Å². The molecule has 88 valence electrons. The van der Waals surface area contributed by atoms with Gasteiger partial charge in [-0.1, -0.05) is 28.1 Å². The molecule has 3 rings (SSSR count). The van der Waals surface area contributed by atoms with Crippen LogP contribution in [0.4, 0.5) is 0 Å². The molecule has 0 aliphatic carbocycles. The maximum absolute atomic E-state index is 5.82. The molecule has 0 atom stereocenters. The lowest BCUT2D eigenvalue weighted by molar-refractivity contribution is 0.485. The van der Waals surface area contributed by atoms with Crippen molar-refractivity contribution in [3.8, 4) is 11.5 Å². The molecule has 18 heavy (non-hydrogen) atoms. The summed E-state index contributed by atoms with van der Waals surface area (Å²) in [6.07, 6.45) is 1.63. The first-order valence-electron chi connectivity index (χ1n) is 5.47. The van der Waals surface area contributed by atoms with E-state index in [2.05, 4.69) is 26.1 Å². The van der Waals surface area contributed by atoms with Crippen molar-refractivity contribution < 1.29 is 4.74 Å². The van der Waals surface area contributed by atoms with Gasteiger partial charge >= 0.3 is 0 Å². The van der Waals surface area contributed by atoms with Gasteiger partial charge < -0.3 is 4.74 Å². The normalized spacial score (nSPS) is 10.5. The van der Waals surface area contributed by atoms with Gasteiger partial charge in [-0.2, -0.15) is 10.2 Å². The molecule has 0 aliphatic heterocycles. The maximum atomic E-state index is 5.82. The van der Waals surface area contributed by atoms with Crippen molar-refractivity contribution in [1.82, 2.24) is 10.2 Å². The van der Waals surface area contributed by atoms with E-state index in [1.54, 1.807) is 6.20 Å². The molecular formula is C14H9BrN2O. The van der Waals surface area contributed by atoms with Gasteiger partial charge in [0.2, 0.25) is 0 Å². The van der Waals surface area contributed by atoms with Crippen LogP contribution in [0.3, 0.4) is 0 Å². The van der Waals surface area contributed by atoms with Crippen LogP contribution >= 0.6 is 15.9 Å². The molecule has 4 heteroatoms. The molecule has 2 aromatic carbocycles. The van der Waals surface area contributed by atoms with Crippen LogP contribution in [0.15, 0.2) is 59.2 Å². The predicted molar refractivity (Wildman–Crippen MR) is 73.8 cm³/mol. The van der Waals surface area contributed by atoms with Gasteiger partial charge in [0.25, 0.3) is 0 Å². The summed E-state index contributed by atoms with van der Waals surface area (Å²) < 4.78 is 6.84. The Kier molecular flexibility index (Phi) is 2.94. The zero-order valence-corrected chi connectivity index (χ0v) is 11.0. The molecule has 0 radical (unpaired) electrons. The van der Waals surface area contributed by atoms with Gasteiger partial charge in [-0.05, 0) is 36.4 Å². The minimum absolute atomic E-state index is 0.711. The number of benzene rings is 2. The van der Waals surface area contributed by atoms with Crippen LogP contribution in [0.1, 0.15) is 0 Å². The second-order valence-electron chi connectivity index (χ2n) is 3.78. The first-order chi connectivity index (χ1) is 8.83. The summed E-state index contributed by atoms with van der Waals surface area (Å²) in [5.74, 6) is 1.49. The molecule has 1 heterocycles. The van der Waals surface area contributed by atoms with Crippen LogP contribution in [-0.2, 0) is 0 Å². The third-order valence-electron chi connectivity index (χ3n) is 2.55. The molecule has 0 fully saturated rings. The number of hydrogen-bond donors (Lipinski definition) is 0. The topological polar surface area (TPSA) is 35.0 Å². The summed E-state index contributed by atoms with van der Waals surface area (Å²) in [6.45, 7) is 0. The van der Waals surface area contributed by atoms with Gasteiger partial charge in [0.15, 0.2) is 5.75 Å². The minimum atomic E-state index is 0.711. The van der Waals surface area contributed by atoms with Crippen LogP contribution in [0.2, 0.25) is 0 Å². The average molecular weight is 301 g/mol. The Balaban J connectivity index is 2.02. The fraction of sp³-hybridized carbons (Fsp3) is 0. The maximum Gasteiger partial charge on any atom is 0.156 e. The number of halogens is 1. The first-order valence-corrected chi connectivity index (χ1v) is 6.26. The highest BCUT2D eigenvalue weighted by atomic mass is 79.9. The van der Waals surface area contributed by atoms with E-state index in [-0.39, 0.29) is 0 Å². The second-order valence-corrected chi connectivity index (χ2v) is 4.70. The van der Waals surface area contributed by atoms with Gasteiger partial charge in [-0.25, -0.2) is 0 Å². The highest BCUT2D eigenvalue weighted by Gasteiger charge is 2.04. The fourth-order valence-corrected chi connectivity index (χ4v) is 1.96. The van der Waals surface area contributed by atoms with Gasteiger partial charge in [0.05, 0.1) is 11.7 Å². The number of nitrogens with zero attached hydrogens (tertiary/aromatic N) is 2. The highest BCUT2D eigenvalue weighted by Crippen LogP contribution is 2.28. The Bertz CT molecular complexity index is 677. The minimum Gasteiger partial charge on any atom is -0.455 e. The third kappa shape index (κ3) is 2.19. The van der Waals surface area contributed by atoms with Gasteiger partial charge in [0.1, 0.15) is 5.75 Å². The number of fused-ring (bicyclic) bond motifs is 1. The standard InChI is InChI=1S/C14H9BrN2O/c15-10-5-7-11(8-6-10)18-14-9-16-17-13-4-2-1-3-12(13)14/h1-9H. The molecule has 0 spiro atoms. The smallest absolute Gasteiger partial charge is 0.156 e. The molecule has 1 aromatic heterocycles. The quantitative estimate of drug-likeness (QED) is 0.712. The molecule has 0 aliphatic rings. The largest absolute Gasteiger partial charge is 0.455 e. The van der Waals surface area contributed by atoms with Crippen LogP contribution < -0.4 is 4.74 Å². The van der Waals surface area contributed by atoms with Crippen LogP contribution in [-0.4, -0.2) is 10.2 Å².